The van der Waals surface area contributed by atoms with Crippen LogP contribution in [0, 0.1) is 12.8 Å². The summed E-state index contributed by atoms with van der Waals surface area (Å²) >= 11 is 0. The first-order valence-corrected chi connectivity index (χ1v) is 9.43. The van der Waals surface area contributed by atoms with Crippen molar-refractivity contribution in [2.45, 2.75) is 39.7 Å². The Bertz CT molecular complexity index is 853. The lowest BCUT2D eigenvalue weighted by atomic mass is 9.91. The summed E-state index contributed by atoms with van der Waals surface area (Å²) < 4.78 is 5.38. The molecule has 2 unspecified atom stereocenters. The van der Waals surface area contributed by atoms with Crippen LogP contribution in [0.1, 0.15) is 44.1 Å². The number of aryl methyl sites for hydroxylation is 1. The summed E-state index contributed by atoms with van der Waals surface area (Å²) in [6, 6.07) is 9.89. The molecule has 1 aromatic carbocycles. The van der Waals surface area contributed by atoms with E-state index in [0.717, 1.165) is 53.7 Å². The first-order chi connectivity index (χ1) is 12.7. The minimum Gasteiger partial charge on any atom is -0.464 e. The molecule has 4 rings (SSSR count). The van der Waals surface area contributed by atoms with E-state index in [9.17, 15) is 5.11 Å². The molecule has 0 bridgehead atoms. The highest BCUT2D eigenvalue weighted by molar-refractivity contribution is 5.83. The Morgan fingerprint density at radius 3 is 2.77 bits per heavy atom. The molecular formula is C21H27N3O2. The summed E-state index contributed by atoms with van der Waals surface area (Å²) in [5.41, 5.74) is 4.39. The molecule has 1 fully saturated rings. The van der Waals surface area contributed by atoms with E-state index in [0.29, 0.717) is 5.69 Å². The zero-order valence-electron chi connectivity index (χ0n) is 15.7. The molecule has 3 heterocycles. The van der Waals surface area contributed by atoms with Crippen molar-refractivity contribution in [2.75, 3.05) is 13.1 Å². The van der Waals surface area contributed by atoms with E-state index in [1.54, 1.807) is 6.26 Å². The highest BCUT2D eigenvalue weighted by Gasteiger charge is 2.25. The van der Waals surface area contributed by atoms with Crippen LogP contribution in [0.25, 0.3) is 22.2 Å². The number of hydrogen-bond acceptors (Lipinski definition) is 5. The summed E-state index contributed by atoms with van der Waals surface area (Å²) in [7, 11) is 0. The van der Waals surface area contributed by atoms with Gasteiger partial charge in [0.2, 0.25) is 0 Å². The number of nitrogens with zero attached hydrogens (tertiary/aromatic N) is 2. The SMILES string of the molecule is CC.Cc1cc(C(O)C2CCCNC2)nnc1-c1ccc2occc2c1. The van der Waals surface area contributed by atoms with Gasteiger partial charge in [0.25, 0.3) is 0 Å². The van der Waals surface area contributed by atoms with Crippen molar-refractivity contribution >= 4 is 11.0 Å². The molecule has 2 aromatic heterocycles. The van der Waals surface area contributed by atoms with Gasteiger partial charge in [-0.05, 0) is 62.2 Å². The normalized spacial score (nSPS) is 18.2. The number of benzene rings is 1. The first kappa shape index (κ1) is 18.5. The van der Waals surface area contributed by atoms with E-state index in [-0.39, 0.29) is 5.92 Å². The van der Waals surface area contributed by atoms with Crippen molar-refractivity contribution in [1.29, 1.82) is 0 Å². The van der Waals surface area contributed by atoms with Gasteiger partial charge in [0.1, 0.15) is 11.7 Å². The first-order valence-electron chi connectivity index (χ1n) is 9.43. The van der Waals surface area contributed by atoms with Crippen LogP contribution in [0.15, 0.2) is 41.0 Å². The number of furan rings is 1. The van der Waals surface area contributed by atoms with Crippen molar-refractivity contribution in [3.05, 3.63) is 47.9 Å². The van der Waals surface area contributed by atoms with Gasteiger partial charge in [-0.2, -0.15) is 5.10 Å². The number of aliphatic hydroxyl groups excluding tert-OH is 1. The maximum absolute atomic E-state index is 10.6. The second-order valence-electron chi connectivity index (χ2n) is 6.53. The fraction of sp³-hybridized carbons (Fsp3) is 0.429. The maximum atomic E-state index is 10.6. The summed E-state index contributed by atoms with van der Waals surface area (Å²) in [6.07, 6.45) is 3.24. The average Bonchev–Trinajstić information content (AvgIpc) is 3.17. The van der Waals surface area contributed by atoms with Gasteiger partial charge in [0.15, 0.2) is 0 Å². The second-order valence-corrected chi connectivity index (χ2v) is 6.53. The smallest absolute Gasteiger partial charge is 0.133 e. The van der Waals surface area contributed by atoms with Gasteiger partial charge in [-0.3, -0.25) is 0 Å². The summed E-state index contributed by atoms with van der Waals surface area (Å²) in [6.45, 7) is 7.88. The molecule has 26 heavy (non-hydrogen) atoms. The Labute approximate surface area is 154 Å². The van der Waals surface area contributed by atoms with Crippen molar-refractivity contribution < 1.29 is 9.52 Å². The molecule has 2 N–H and O–H groups in total. The van der Waals surface area contributed by atoms with Gasteiger partial charge in [-0.25, -0.2) is 0 Å². The third-order valence-electron chi connectivity index (χ3n) is 4.81. The number of fused-ring (bicyclic) bond motifs is 1. The second kappa shape index (κ2) is 8.43. The number of nitrogens with one attached hydrogen (secondary N) is 1. The molecule has 0 saturated carbocycles. The molecule has 5 nitrogen and oxygen atoms in total. The molecule has 0 radical (unpaired) electrons. The molecular weight excluding hydrogens is 326 g/mol. The zero-order chi connectivity index (χ0) is 18.5. The van der Waals surface area contributed by atoms with Gasteiger partial charge in [0, 0.05) is 23.4 Å². The highest BCUT2D eigenvalue weighted by atomic mass is 16.3. The third-order valence-corrected chi connectivity index (χ3v) is 4.81. The highest BCUT2D eigenvalue weighted by Crippen LogP contribution is 2.29. The molecule has 0 aliphatic carbocycles. The topological polar surface area (TPSA) is 71.2 Å². The van der Waals surface area contributed by atoms with Crippen molar-refractivity contribution in [1.82, 2.24) is 15.5 Å². The molecule has 5 heteroatoms. The number of aromatic nitrogens is 2. The van der Waals surface area contributed by atoms with Crippen LogP contribution in [0.2, 0.25) is 0 Å². The third kappa shape index (κ3) is 3.79. The van der Waals surface area contributed by atoms with E-state index in [1.807, 2.05) is 45.0 Å². The van der Waals surface area contributed by atoms with Crippen molar-refractivity contribution in [3.8, 4) is 11.3 Å². The zero-order valence-corrected chi connectivity index (χ0v) is 15.7. The van der Waals surface area contributed by atoms with Gasteiger partial charge in [-0.1, -0.05) is 13.8 Å². The van der Waals surface area contributed by atoms with Crippen LogP contribution >= 0.6 is 0 Å². The maximum Gasteiger partial charge on any atom is 0.133 e. The van der Waals surface area contributed by atoms with Crippen LogP contribution in [-0.4, -0.2) is 28.4 Å². The predicted molar refractivity (Wildman–Crippen MR) is 104 cm³/mol. The summed E-state index contributed by atoms with van der Waals surface area (Å²) in [5, 5.41) is 23.7. The summed E-state index contributed by atoms with van der Waals surface area (Å²) in [4.78, 5) is 0. The Morgan fingerprint density at radius 2 is 2.04 bits per heavy atom. The molecule has 1 aliphatic heterocycles. The number of rotatable bonds is 3. The Kier molecular flexibility index (Phi) is 6.01. The minimum absolute atomic E-state index is 0.209. The fourth-order valence-corrected chi connectivity index (χ4v) is 3.44. The van der Waals surface area contributed by atoms with Crippen LogP contribution in [0.3, 0.4) is 0 Å². The monoisotopic (exact) mass is 353 g/mol. The molecule has 1 saturated heterocycles. The largest absolute Gasteiger partial charge is 0.464 e. The molecule has 1 aliphatic rings. The molecule has 138 valence electrons. The van der Waals surface area contributed by atoms with Crippen molar-refractivity contribution in [3.63, 3.8) is 0 Å². The quantitative estimate of drug-likeness (QED) is 0.736. The molecule has 0 amide bonds. The minimum atomic E-state index is -0.561. The van der Waals surface area contributed by atoms with Crippen LogP contribution in [0.4, 0.5) is 0 Å². The lowest BCUT2D eigenvalue weighted by Gasteiger charge is -2.26. The standard InChI is InChI=1S/C19H21N3O2.C2H6/c1-12-9-16(19(23)15-3-2-7-20-11-15)21-22-18(12)14-4-5-17-13(10-14)6-8-24-17;1-2/h4-6,8-10,15,19-20,23H,2-3,7,11H2,1H3;1-2H3. The Balaban J connectivity index is 0.000000948. The average molecular weight is 353 g/mol. The number of piperidine rings is 1. The van der Waals surface area contributed by atoms with Crippen LogP contribution < -0.4 is 5.32 Å². The van der Waals surface area contributed by atoms with Crippen LogP contribution in [-0.2, 0) is 0 Å². The van der Waals surface area contributed by atoms with Gasteiger partial charge >= 0.3 is 0 Å². The van der Waals surface area contributed by atoms with E-state index in [4.69, 9.17) is 4.42 Å². The van der Waals surface area contributed by atoms with E-state index < -0.39 is 6.10 Å². The summed E-state index contributed by atoms with van der Waals surface area (Å²) in [5.74, 6) is 0.209. The van der Waals surface area contributed by atoms with Gasteiger partial charge in [0.05, 0.1) is 17.7 Å². The van der Waals surface area contributed by atoms with Gasteiger partial charge in [-0.15, -0.1) is 5.10 Å². The Hall–Kier alpha value is -2.24. The van der Waals surface area contributed by atoms with E-state index in [1.165, 1.54) is 0 Å². The van der Waals surface area contributed by atoms with E-state index in [2.05, 4.69) is 21.6 Å². The number of aliphatic hydroxyl groups is 1. The predicted octanol–water partition coefficient (Wildman–Crippen LogP) is 4.26. The molecule has 2 atom stereocenters. The van der Waals surface area contributed by atoms with E-state index >= 15 is 0 Å². The lowest BCUT2D eigenvalue weighted by molar-refractivity contribution is 0.0875. The lowest BCUT2D eigenvalue weighted by Crippen LogP contribution is -2.33. The number of hydrogen-bond donors (Lipinski definition) is 2. The fourth-order valence-electron chi connectivity index (χ4n) is 3.44. The van der Waals surface area contributed by atoms with Crippen molar-refractivity contribution in [2.24, 2.45) is 5.92 Å². The van der Waals surface area contributed by atoms with Crippen LogP contribution in [0.5, 0.6) is 0 Å². The molecule has 3 aromatic rings. The molecule has 0 spiro atoms. The Morgan fingerprint density at radius 1 is 1.19 bits per heavy atom. The van der Waals surface area contributed by atoms with Gasteiger partial charge < -0.3 is 14.8 Å².